The lowest BCUT2D eigenvalue weighted by molar-refractivity contribution is -0.140. The summed E-state index contributed by atoms with van der Waals surface area (Å²) in [4.78, 5) is 29.5. The smallest absolute Gasteiger partial charge is 0.265 e. The van der Waals surface area contributed by atoms with Crippen LogP contribution in [0.2, 0.25) is 5.02 Å². The first-order chi connectivity index (χ1) is 22.6. The predicted octanol–water partition coefficient (Wildman–Crippen LogP) is 5.44. The third kappa shape index (κ3) is 8.41. The largest absolute Gasteiger partial charge is 0.497 e. The molecule has 254 valence electrons. The van der Waals surface area contributed by atoms with Gasteiger partial charge in [-0.25, -0.2) is 8.42 Å². The molecule has 4 rings (SSSR count). The van der Waals surface area contributed by atoms with Gasteiger partial charge in [-0.05, 0) is 67.3 Å². The quantitative estimate of drug-likeness (QED) is 0.224. The SMILES string of the molecule is CC[C@H](C(=O)NC1CCCC1)N(Cc1ccc(OC)cc1)C(=O)CN(c1cc(Cl)ccc1OC)S(=O)(=O)c1ccc(OC)c(OC)c1. The van der Waals surface area contributed by atoms with Gasteiger partial charge >= 0.3 is 0 Å². The van der Waals surface area contributed by atoms with Gasteiger partial charge in [-0.3, -0.25) is 13.9 Å². The number of nitrogens with one attached hydrogen (secondary N) is 1. The molecule has 1 aliphatic carbocycles. The summed E-state index contributed by atoms with van der Waals surface area (Å²) in [5.41, 5.74) is 0.789. The highest BCUT2D eigenvalue weighted by Crippen LogP contribution is 2.37. The molecule has 0 bridgehead atoms. The number of rotatable bonds is 15. The van der Waals surface area contributed by atoms with E-state index in [9.17, 15) is 18.0 Å². The van der Waals surface area contributed by atoms with E-state index in [0.717, 1.165) is 35.6 Å². The minimum Gasteiger partial charge on any atom is -0.497 e. The topological polar surface area (TPSA) is 124 Å². The van der Waals surface area contributed by atoms with Gasteiger partial charge in [-0.15, -0.1) is 0 Å². The van der Waals surface area contributed by atoms with E-state index in [1.807, 2.05) is 6.92 Å². The second-order valence-corrected chi connectivity index (χ2v) is 13.4. The summed E-state index contributed by atoms with van der Waals surface area (Å²) in [6.07, 6.45) is 4.12. The van der Waals surface area contributed by atoms with Crippen LogP contribution < -0.4 is 28.6 Å². The van der Waals surface area contributed by atoms with Crippen molar-refractivity contribution in [3.63, 3.8) is 0 Å². The molecule has 13 heteroatoms. The van der Waals surface area contributed by atoms with Crippen LogP contribution >= 0.6 is 11.6 Å². The summed E-state index contributed by atoms with van der Waals surface area (Å²) in [6.45, 7) is 1.22. The highest BCUT2D eigenvalue weighted by atomic mass is 35.5. The van der Waals surface area contributed by atoms with Crippen molar-refractivity contribution in [2.45, 2.75) is 62.6 Å². The van der Waals surface area contributed by atoms with Crippen LogP contribution in [0.25, 0.3) is 0 Å². The zero-order valence-corrected chi connectivity index (χ0v) is 28.9. The van der Waals surface area contributed by atoms with Crippen molar-refractivity contribution in [3.8, 4) is 23.0 Å². The Morgan fingerprint density at radius 3 is 2.11 bits per heavy atom. The lowest BCUT2D eigenvalue weighted by Crippen LogP contribution is -2.53. The highest BCUT2D eigenvalue weighted by molar-refractivity contribution is 7.92. The number of anilines is 1. The number of amides is 2. The minimum absolute atomic E-state index is 0.0344. The molecule has 1 saturated carbocycles. The molecule has 0 saturated heterocycles. The van der Waals surface area contributed by atoms with E-state index in [1.54, 1.807) is 37.4 Å². The van der Waals surface area contributed by atoms with Crippen molar-refractivity contribution in [1.82, 2.24) is 10.2 Å². The molecule has 47 heavy (non-hydrogen) atoms. The Kier molecular flexibility index (Phi) is 12.2. The van der Waals surface area contributed by atoms with Crippen LogP contribution in [0.15, 0.2) is 65.6 Å². The van der Waals surface area contributed by atoms with E-state index >= 15 is 0 Å². The number of halogens is 1. The fourth-order valence-corrected chi connectivity index (χ4v) is 7.29. The Morgan fingerprint density at radius 2 is 1.51 bits per heavy atom. The van der Waals surface area contributed by atoms with Gasteiger partial charge in [0.25, 0.3) is 10.0 Å². The molecule has 1 aliphatic rings. The Balaban J connectivity index is 1.80. The monoisotopic (exact) mass is 687 g/mol. The van der Waals surface area contributed by atoms with Gasteiger partial charge in [0.2, 0.25) is 11.8 Å². The lowest BCUT2D eigenvalue weighted by atomic mass is 10.1. The van der Waals surface area contributed by atoms with Crippen LogP contribution in [0.1, 0.15) is 44.6 Å². The second-order valence-electron chi connectivity index (χ2n) is 11.1. The van der Waals surface area contributed by atoms with Crippen LogP contribution in [0.5, 0.6) is 23.0 Å². The van der Waals surface area contributed by atoms with E-state index in [0.29, 0.717) is 17.9 Å². The van der Waals surface area contributed by atoms with Gasteiger partial charge < -0.3 is 29.2 Å². The average molecular weight is 688 g/mol. The molecule has 3 aromatic rings. The van der Waals surface area contributed by atoms with Gasteiger partial charge in [0.1, 0.15) is 24.1 Å². The van der Waals surface area contributed by atoms with Gasteiger partial charge in [-0.1, -0.05) is 43.5 Å². The Bertz CT molecular complexity index is 1650. The van der Waals surface area contributed by atoms with Gasteiger partial charge in [0.15, 0.2) is 11.5 Å². The zero-order valence-electron chi connectivity index (χ0n) is 27.3. The molecule has 1 atom stereocenters. The van der Waals surface area contributed by atoms with Crippen molar-refractivity contribution >= 4 is 39.1 Å². The third-order valence-electron chi connectivity index (χ3n) is 8.23. The predicted molar refractivity (Wildman–Crippen MR) is 180 cm³/mol. The number of benzene rings is 3. The molecule has 0 unspecified atom stereocenters. The number of nitrogens with zero attached hydrogens (tertiary/aromatic N) is 2. The van der Waals surface area contributed by atoms with Crippen LogP contribution in [0, 0.1) is 0 Å². The summed E-state index contributed by atoms with van der Waals surface area (Å²) in [5.74, 6) is 0.459. The van der Waals surface area contributed by atoms with E-state index < -0.39 is 28.5 Å². The summed E-state index contributed by atoms with van der Waals surface area (Å²) in [7, 11) is 1.34. The van der Waals surface area contributed by atoms with Crippen LogP contribution in [0.4, 0.5) is 5.69 Å². The summed E-state index contributed by atoms with van der Waals surface area (Å²) in [6, 6.07) is 15.0. The van der Waals surface area contributed by atoms with Crippen molar-refractivity contribution in [2.24, 2.45) is 0 Å². The van der Waals surface area contributed by atoms with E-state index in [1.165, 1.54) is 56.6 Å². The lowest BCUT2D eigenvalue weighted by Gasteiger charge is -2.34. The average Bonchev–Trinajstić information content (AvgIpc) is 3.59. The fraction of sp³-hybridized carbons (Fsp3) is 0.412. The van der Waals surface area contributed by atoms with Crippen molar-refractivity contribution in [2.75, 3.05) is 39.3 Å². The normalized spacial score (nSPS) is 13.8. The fourth-order valence-electron chi connectivity index (χ4n) is 5.69. The Labute approximate surface area is 281 Å². The number of sulfonamides is 1. The van der Waals surface area contributed by atoms with Gasteiger partial charge in [0, 0.05) is 23.7 Å². The summed E-state index contributed by atoms with van der Waals surface area (Å²) < 4.78 is 51.3. The van der Waals surface area contributed by atoms with E-state index in [-0.39, 0.29) is 45.6 Å². The molecule has 0 heterocycles. The molecular formula is C34H42ClN3O8S. The first kappa shape index (κ1) is 35.7. The maximum absolute atomic E-state index is 14.5. The Hall–Kier alpha value is -4.16. The standard InChI is InChI=1S/C34H42ClN3O8S/c1-6-28(34(40)36-25-9-7-8-10-25)37(21-23-11-14-26(43-2)15-12-23)33(39)22-38(29-19-24(35)13-17-30(29)44-3)47(41,42)27-16-18-31(45-4)32(20-27)46-5/h11-20,25,28H,6-10,21-22H2,1-5H3,(H,36,40)/t28-/m1/s1. The van der Waals surface area contributed by atoms with Gasteiger partial charge in [0.05, 0.1) is 39.0 Å². The number of hydrogen-bond donors (Lipinski definition) is 1. The number of hydrogen-bond acceptors (Lipinski definition) is 8. The number of carbonyl (C=O) groups is 2. The molecule has 0 aromatic heterocycles. The molecule has 0 radical (unpaired) electrons. The van der Waals surface area contributed by atoms with E-state index in [2.05, 4.69) is 5.32 Å². The maximum Gasteiger partial charge on any atom is 0.265 e. The molecule has 11 nitrogen and oxygen atoms in total. The van der Waals surface area contributed by atoms with Crippen molar-refractivity contribution < 1.29 is 37.0 Å². The first-order valence-electron chi connectivity index (χ1n) is 15.4. The molecule has 2 amide bonds. The van der Waals surface area contributed by atoms with Gasteiger partial charge in [-0.2, -0.15) is 0 Å². The number of ether oxygens (including phenoxy) is 4. The van der Waals surface area contributed by atoms with Crippen LogP contribution in [-0.2, 0) is 26.2 Å². The second kappa shape index (κ2) is 16.1. The first-order valence-corrected chi connectivity index (χ1v) is 17.2. The number of methoxy groups -OCH3 is 4. The molecule has 0 aliphatic heterocycles. The maximum atomic E-state index is 14.5. The zero-order chi connectivity index (χ0) is 34.1. The highest BCUT2D eigenvalue weighted by Gasteiger charge is 2.36. The van der Waals surface area contributed by atoms with Crippen LogP contribution in [-0.4, -0.2) is 72.2 Å². The molecular weight excluding hydrogens is 646 g/mol. The third-order valence-corrected chi connectivity index (χ3v) is 10.2. The Morgan fingerprint density at radius 1 is 0.872 bits per heavy atom. The minimum atomic E-state index is -4.45. The van der Waals surface area contributed by atoms with Crippen molar-refractivity contribution in [3.05, 3.63) is 71.2 Å². The molecule has 1 N–H and O–H groups in total. The summed E-state index contributed by atoms with van der Waals surface area (Å²) >= 11 is 6.36. The van der Waals surface area contributed by atoms with Crippen LogP contribution in [0.3, 0.4) is 0 Å². The van der Waals surface area contributed by atoms with E-state index in [4.69, 9.17) is 30.5 Å². The number of carbonyl (C=O) groups excluding carboxylic acids is 2. The summed E-state index contributed by atoms with van der Waals surface area (Å²) in [5, 5.41) is 3.35. The molecule has 1 fully saturated rings. The molecule has 3 aromatic carbocycles. The molecule has 0 spiro atoms. The van der Waals surface area contributed by atoms with Crippen molar-refractivity contribution in [1.29, 1.82) is 0 Å².